The van der Waals surface area contributed by atoms with Gasteiger partial charge < -0.3 is 0 Å². The minimum atomic E-state index is -3.77. The van der Waals surface area contributed by atoms with E-state index in [1.807, 2.05) is 36.4 Å². The quantitative estimate of drug-likeness (QED) is 0.857. The fourth-order valence-corrected chi connectivity index (χ4v) is 4.67. The zero-order valence-corrected chi connectivity index (χ0v) is 12.8. The van der Waals surface area contributed by atoms with E-state index < -0.39 is 27.2 Å². The highest BCUT2D eigenvalue weighted by Gasteiger charge is 2.51. The molecule has 4 atom stereocenters. The highest BCUT2D eigenvalue weighted by Crippen LogP contribution is 2.42. The van der Waals surface area contributed by atoms with E-state index in [0.717, 1.165) is 5.56 Å². The number of halogens is 1. The number of nitriles is 1. The number of sulfone groups is 1. The first-order valence-corrected chi connectivity index (χ1v) is 8.86. The maximum Gasteiger partial charge on any atom is 0.267 e. The van der Waals surface area contributed by atoms with Crippen LogP contribution in [0.5, 0.6) is 0 Å². The number of nitrogens with zero attached hydrogens (tertiary/aromatic N) is 4. The maximum absolute atomic E-state index is 14.2. The summed E-state index contributed by atoms with van der Waals surface area (Å²) in [6, 6.07) is 10.8. The molecule has 0 radical (unpaired) electrons. The van der Waals surface area contributed by atoms with Crippen LogP contribution in [0.15, 0.2) is 35.5 Å². The molecule has 0 amide bonds. The number of benzene rings is 1. The van der Waals surface area contributed by atoms with Gasteiger partial charge in [0, 0.05) is 6.42 Å². The van der Waals surface area contributed by atoms with Gasteiger partial charge in [-0.3, -0.25) is 0 Å². The summed E-state index contributed by atoms with van der Waals surface area (Å²) >= 11 is 0. The van der Waals surface area contributed by atoms with Gasteiger partial charge in [-0.1, -0.05) is 30.3 Å². The standard InChI is InChI=1S/C15H13FN4O2S/c16-11-7-12(9-4-2-1-3-5-9)20-14(11)18-15(19-20)23(21,22)13-6-10(13)8-17/h1-5,10-13H,6-7H2/t10?,11-,12-,13?/m0/s1. The molecule has 2 aromatic rings. The van der Waals surface area contributed by atoms with Gasteiger partial charge >= 0.3 is 0 Å². The molecule has 0 spiro atoms. The lowest BCUT2D eigenvalue weighted by molar-refractivity contribution is 0.326. The SMILES string of the molecule is N#CC1CC1S(=O)(=O)c1nc2n(n1)[C@H](c1ccccc1)C[C@@H]2F. The summed E-state index contributed by atoms with van der Waals surface area (Å²) < 4.78 is 40.4. The van der Waals surface area contributed by atoms with Gasteiger partial charge in [-0.05, 0) is 12.0 Å². The van der Waals surface area contributed by atoms with E-state index in [0.29, 0.717) is 6.42 Å². The molecule has 2 aliphatic rings. The summed E-state index contributed by atoms with van der Waals surface area (Å²) in [4.78, 5) is 3.93. The Labute approximate surface area is 132 Å². The molecule has 4 rings (SSSR count). The molecule has 8 heteroatoms. The molecule has 0 saturated heterocycles. The van der Waals surface area contributed by atoms with Crippen LogP contribution in [0.2, 0.25) is 0 Å². The summed E-state index contributed by atoms with van der Waals surface area (Å²) in [6.45, 7) is 0. The van der Waals surface area contributed by atoms with Crippen molar-refractivity contribution >= 4 is 9.84 Å². The molecular formula is C15H13FN4O2S. The third kappa shape index (κ3) is 2.15. The minimum Gasteiger partial charge on any atom is -0.239 e. The van der Waals surface area contributed by atoms with Crippen molar-refractivity contribution in [1.82, 2.24) is 14.8 Å². The molecule has 1 aliphatic carbocycles. The second kappa shape index (κ2) is 4.86. The van der Waals surface area contributed by atoms with E-state index in [1.165, 1.54) is 4.68 Å². The third-order valence-electron chi connectivity index (χ3n) is 4.38. The molecule has 0 bridgehead atoms. The lowest BCUT2D eigenvalue weighted by atomic mass is 10.0. The monoisotopic (exact) mass is 332 g/mol. The summed E-state index contributed by atoms with van der Waals surface area (Å²) in [5, 5.41) is 11.8. The Kier molecular flexibility index (Phi) is 3.03. The number of rotatable bonds is 3. The van der Waals surface area contributed by atoms with Crippen molar-refractivity contribution in [1.29, 1.82) is 5.26 Å². The Bertz CT molecular complexity index is 903. The van der Waals surface area contributed by atoms with Gasteiger partial charge in [0.15, 0.2) is 12.0 Å². The lowest BCUT2D eigenvalue weighted by Crippen LogP contribution is -2.13. The van der Waals surface area contributed by atoms with E-state index in [9.17, 15) is 12.8 Å². The Hall–Kier alpha value is -2.27. The van der Waals surface area contributed by atoms with Crippen molar-refractivity contribution < 1.29 is 12.8 Å². The van der Waals surface area contributed by atoms with Crippen molar-refractivity contribution in [3.8, 4) is 6.07 Å². The van der Waals surface area contributed by atoms with Crippen molar-refractivity contribution in [3.05, 3.63) is 41.7 Å². The fraction of sp³-hybridized carbons (Fsp3) is 0.400. The van der Waals surface area contributed by atoms with E-state index in [4.69, 9.17) is 5.26 Å². The second-order valence-corrected chi connectivity index (χ2v) is 7.94. The summed E-state index contributed by atoms with van der Waals surface area (Å²) in [5.74, 6) is -0.462. The van der Waals surface area contributed by atoms with Crippen molar-refractivity contribution in [2.45, 2.75) is 35.5 Å². The van der Waals surface area contributed by atoms with Gasteiger partial charge in [0.1, 0.15) is 0 Å². The summed E-state index contributed by atoms with van der Waals surface area (Å²) in [5.41, 5.74) is 0.865. The number of fused-ring (bicyclic) bond motifs is 1. The minimum absolute atomic E-state index is 0.0478. The van der Waals surface area contributed by atoms with Gasteiger partial charge in [-0.25, -0.2) is 17.5 Å². The van der Waals surface area contributed by atoms with Crippen LogP contribution in [0, 0.1) is 17.2 Å². The average Bonchev–Trinajstić information content (AvgIpc) is 3.13. The molecule has 2 unspecified atom stereocenters. The van der Waals surface area contributed by atoms with Gasteiger partial charge in [0.2, 0.25) is 9.84 Å². The fourth-order valence-electron chi connectivity index (χ4n) is 3.02. The first kappa shape index (κ1) is 14.3. The van der Waals surface area contributed by atoms with E-state index in [2.05, 4.69) is 10.1 Å². The van der Waals surface area contributed by atoms with Gasteiger partial charge in [-0.15, -0.1) is 5.10 Å². The van der Waals surface area contributed by atoms with Gasteiger partial charge in [0.05, 0.1) is 23.3 Å². The Morgan fingerprint density at radius 1 is 1.26 bits per heavy atom. The third-order valence-corrected chi connectivity index (χ3v) is 6.38. The molecule has 1 saturated carbocycles. The van der Waals surface area contributed by atoms with Crippen LogP contribution >= 0.6 is 0 Å². The smallest absolute Gasteiger partial charge is 0.239 e. The van der Waals surface area contributed by atoms with Crippen LogP contribution in [0.4, 0.5) is 4.39 Å². The van der Waals surface area contributed by atoms with Gasteiger partial charge in [-0.2, -0.15) is 10.2 Å². The molecule has 6 nitrogen and oxygen atoms in total. The molecule has 0 N–H and O–H groups in total. The molecule has 2 heterocycles. The number of hydrogen-bond acceptors (Lipinski definition) is 5. The predicted molar refractivity (Wildman–Crippen MR) is 77.8 cm³/mol. The topological polar surface area (TPSA) is 88.6 Å². The highest BCUT2D eigenvalue weighted by atomic mass is 32.2. The Morgan fingerprint density at radius 2 is 2.00 bits per heavy atom. The van der Waals surface area contributed by atoms with Crippen molar-refractivity contribution in [2.75, 3.05) is 0 Å². The van der Waals surface area contributed by atoms with Crippen LogP contribution < -0.4 is 0 Å². The van der Waals surface area contributed by atoms with Gasteiger partial charge in [0.25, 0.3) is 5.16 Å². The molecule has 118 valence electrons. The molecule has 23 heavy (non-hydrogen) atoms. The first-order chi connectivity index (χ1) is 11.0. The highest BCUT2D eigenvalue weighted by molar-refractivity contribution is 7.92. The van der Waals surface area contributed by atoms with E-state index in [1.54, 1.807) is 0 Å². The Balaban J connectivity index is 1.73. The number of alkyl halides is 1. The van der Waals surface area contributed by atoms with Crippen LogP contribution in [-0.4, -0.2) is 28.4 Å². The molecule has 1 aliphatic heterocycles. The zero-order valence-electron chi connectivity index (χ0n) is 12.0. The molecular weight excluding hydrogens is 319 g/mol. The van der Waals surface area contributed by atoms with Crippen LogP contribution in [-0.2, 0) is 9.84 Å². The zero-order chi connectivity index (χ0) is 16.2. The second-order valence-electron chi connectivity index (χ2n) is 5.88. The Morgan fingerprint density at radius 3 is 2.65 bits per heavy atom. The van der Waals surface area contributed by atoms with E-state index >= 15 is 0 Å². The number of hydrogen-bond donors (Lipinski definition) is 0. The lowest BCUT2D eigenvalue weighted by Gasteiger charge is -2.11. The molecule has 1 aromatic carbocycles. The van der Waals surface area contributed by atoms with Crippen LogP contribution in [0.25, 0.3) is 0 Å². The summed E-state index contributed by atoms with van der Waals surface area (Å²) in [6.07, 6.45) is -0.851. The normalized spacial score (nSPS) is 29.0. The first-order valence-electron chi connectivity index (χ1n) is 7.31. The largest absolute Gasteiger partial charge is 0.267 e. The van der Waals surface area contributed by atoms with Crippen molar-refractivity contribution in [3.63, 3.8) is 0 Å². The molecule has 1 aromatic heterocycles. The number of aromatic nitrogens is 3. The maximum atomic E-state index is 14.2. The average molecular weight is 332 g/mol. The summed E-state index contributed by atoms with van der Waals surface area (Å²) in [7, 11) is -3.77. The van der Waals surface area contributed by atoms with E-state index in [-0.39, 0.29) is 23.4 Å². The van der Waals surface area contributed by atoms with Crippen LogP contribution in [0.1, 0.15) is 36.4 Å². The predicted octanol–water partition coefficient (Wildman–Crippen LogP) is 1.97. The van der Waals surface area contributed by atoms with Crippen LogP contribution in [0.3, 0.4) is 0 Å². The molecule has 1 fully saturated rings. The van der Waals surface area contributed by atoms with Crippen molar-refractivity contribution in [2.24, 2.45) is 5.92 Å².